The van der Waals surface area contributed by atoms with Gasteiger partial charge in [-0.15, -0.1) is 0 Å². The number of carbonyl (C=O) groups is 2. The van der Waals surface area contributed by atoms with Crippen LogP contribution in [-0.2, 0) is 34.2 Å². The van der Waals surface area contributed by atoms with Crippen LogP contribution in [-0.4, -0.2) is 43.4 Å². The summed E-state index contributed by atoms with van der Waals surface area (Å²) in [5.74, 6) is -2.14. The van der Waals surface area contributed by atoms with E-state index in [0.717, 1.165) is 25.7 Å². The van der Waals surface area contributed by atoms with Gasteiger partial charge in [-0.25, -0.2) is 4.79 Å². The van der Waals surface area contributed by atoms with Crippen molar-refractivity contribution in [3.8, 4) is 0 Å². The molecular weight excluding hydrogens is 328 g/mol. The van der Waals surface area contributed by atoms with Crippen molar-refractivity contribution in [2.75, 3.05) is 13.2 Å². The average molecular weight is 354 g/mol. The normalized spacial score (nSPS) is 14.1. The van der Waals surface area contributed by atoms with Crippen molar-refractivity contribution in [1.82, 2.24) is 0 Å². The maximum Gasteiger partial charge on any atom is 0.344 e. The zero-order valence-corrected chi connectivity index (χ0v) is 14.6. The molecule has 0 bridgehead atoms. The molecule has 0 saturated carbocycles. The summed E-state index contributed by atoms with van der Waals surface area (Å²) in [6.07, 6.45) is 2.72. The van der Waals surface area contributed by atoms with Crippen molar-refractivity contribution in [3.63, 3.8) is 0 Å². The monoisotopic (exact) mass is 354 g/mol. The summed E-state index contributed by atoms with van der Waals surface area (Å²) in [5.41, 5.74) is 0. The Balaban J connectivity index is 4.67. The van der Waals surface area contributed by atoms with Gasteiger partial charge in [0.15, 0.2) is 5.25 Å². The van der Waals surface area contributed by atoms with E-state index >= 15 is 0 Å². The van der Waals surface area contributed by atoms with Crippen molar-refractivity contribution in [1.29, 1.82) is 0 Å². The zero-order chi connectivity index (χ0) is 17.9. The fraction of sp³-hybridized carbons (Fsp3) is 0.857. The van der Waals surface area contributed by atoms with Crippen molar-refractivity contribution in [2.24, 2.45) is 5.92 Å². The van der Waals surface area contributed by atoms with Crippen LogP contribution in [0.15, 0.2) is 0 Å². The van der Waals surface area contributed by atoms with E-state index in [1.807, 2.05) is 13.8 Å². The third kappa shape index (κ3) is 9.52. The Morgan fingerprint density at radius 2 is 1.83 bits per heavy atom. The van der Waals surface area contributed by atoms with Gasteiger partial charge in [-0.05, 0) is 19.3 Å². The van der Waals surface area contributed by atoms with E-state index in [0.29, 0.717) is 0 Å². The molecule has 23 heavy (non-hydrogen) atoms. The molecule has 136 valence electrons. The molecule has 0 aromatic heterocycles. The van der Waals surface area contributed by atoms with Crippen LogP contribution in [0.4, 0.5) is 0 Å². The Kier molecular flexibility index (Phi) is 10.8. The van der Waals surface area contributed by atoms with Crippen LogP contribution in [0.2, 0.25) is 0 Å². The number of esters is 1. The van der Waals surface area contributed by atoms with Gasteiger partial charge in [-0.3, -0.25) is 14.2 Å². The van der Waals surface area contributed by atoms with Crippen LogP contribution in [0.1, 0.15) is 52.9 Å². The highest BCUT2D eigenvalue weighted by molar-refractivity contribution is 7.87. The minimum Gasteiger partial charge on any atom is -0.464 e. The highest BCUT2D eigenvalue weighted by Crippen LogP contribution is 2.15. The smallest absolute Gasteiger partial charge is 0.344 e. The molecule has 0 aliphatic heterocycles. The molecule has 9 heteroatoms. The van der Waals surface area contributed by atoms with Gasteiger partial charge in [-0.1, -0.05) is 33.1 Å². The molecule has 2 atom stereocenters. The van der Waals surface area contributed by atoms with Gasteiger partial charge in [0.25, 0.3) is 10.1 Å². The molecular formula is C14H26O8S. The van der Waals surface area contributed by atoms with Gasteiger partial charge in [0.2, 0.25) is 0 Å². The molecule has 0 aromatic rings. The number of rotatable bonds is 12. The lowest BCUT2D eigenvalue weighted by Crippen LogP contribution is -2.35. The average Bonchev–Trinajstić information content (AvgIpc) is 2.49. The summed E-state index contributed by atoms with van der Waals surface area (Å²) >= 11 is 0. The first kappa shape index (κ1) is 21.8. The predicted octanol–water partition coefficient (Wildman–Crippen LogP) is 1.89. The molecule has 0 aromatic carbocycles. The lowest BCUT2D eigenvalue weighted by Gasteiger charge is -2.17. The first-order valence-corrected chi connectivity index (χ1v) is 9.21. The SMILES string of the molecule is CCCCC(CC)COC(=O)C(CC(=O)OOCC)S(=O)(=O)O. The van der Waals surface area contributed by atoms with E-state index in [2.05, 4.69) is 9.78 Å². The second-order valence-electron chi connectivity index (χ2n) is 5.12. The van der Waals surface area contributed by atoms with Gasteiger partial charge < -0.3 is 4.74 Å². The third-order valence-electron chi connectivity index (χ3n) is 3.25. The summed E-state index contributed by atoms with van der Waals surface area (Å²) < 4.78 is 36.6. The van der Waals surface area contributed by atoms with Crippen LogP contribution in [0, 0.1) is 5.92 Å². The number of unbranched alkanes of at least 4 members (excludes halogenated alkanes) is 1. The molecule has 0 saturated heterocycles. The third-order valence-corrected chi connectivity index (χ3v) is 4.33. The van der Waals surface area contributed by atoms with E-state index < -0.39 is 33.7 Å². The van der Waals surface area contributed by atoms with Crippen LogP contribution in [0.3, 0.4) is 0 Å². The second kappa shape index (κ2) is 11.4. The molecule has 0 radical (unpaired) electrons. The number of carbonyl (C=O) groups excluding carboxylic acids is 2. The van der Waals surface area contributed by atoms with Crippen molar-refractivity contribution in [3.05, 3.63) is 0 Å². The highest BCUT2D eigenvalue weighted by atomic mass is 32.2. The molecule has 0 amide bonds. The standard InChI is InChI=1S/C14H26O8S/c1-4-7-8-11(5-2)10-20-14(16)12(23(17,18)19)9-13(15)22-21-6-3/h11-12H,4-10H2,1-3H3,(H,17,18,19). The molecule has 8 nitrogen and oxygen atoms in total. The van der Waals surface area contributed by atoms with E-state index in [1.165, 1.54) is 0 Å². The molecule has 0 heterocycles. The lowest BCUT2D eigenvalue weighted by atomic mass is 10.0. The van der Waals surface area contributed by atoms with Crippen molar-refractivity contribution < 1.29 is 37.1 Å². The topological polar surface area (TPSA) is 116 Å². The fourth-order valence-corrected chi connectivity index (χ4v) is 2.47. The Hall–Kier alpha value is -1.19. The molecule has 0 rings (SSSR count). The zero-order valence-electron chi connectivity index (χ0n) is 13.8. The van der Waals surface area contributed by atoms with Crippen LogP contribution < -0.4 is 0 Å². The van der Waals surface area contributed by atoms with Crippen molar-refractivity contribution in [2.45, 2.75) is 58.1 Å². The molecule has 0 fully saturated rings. The highest BCUT2D eigenvalue weighted by Gasteiger charge is 2.36. The quantitative estimate of drug-likeness (QED) is 0.244. The first-order chi connectivity index (χ1) is 10.8. The number of ether oxygens (including phenoxy) is 1. The minimum absolute atomic E-state index is 0.0435. The molecule has 0 spiro atoms. The van der Waals surface area contributed by atoms with Crippen molar-refractivity contribution >= 4 is 22.1 Å². The number of hydrogen-bond acceptors (Lipinski definition) is 7. The second-order valence-corrected chi connectivity index (χ2v) is 6.72. The fourth-order valence-electron chi connectivity index (χ4n) is 1.81. The Labute approximate surface area is 137 Å². The molecule has 2 unspecified atom stereocenters. The maximum absolute atomic E-state index is 11.9. The van der Waals surface area contributed by atoms with E-state index in [1.54, 1.807) is 6.92 Å². The molecule has 0 aliphatic carbocycles. The van der Waals surface area contributed by atoms with Gasteiger partial charge in [-0.2, -0.15) is 13.3 Å². The summed E-state index contributed by atoms with van der Waals surface area (Å²) in [6, 6.07) is 0. The Morgan fingerprint density at radius 3 is 2.30 bits per heavy atom. The van der Waals surface area contributed by atoms with Crippen LogP contribution in [0.25, 0.3) is 0 Å². The summed E-state index contributed by atoms with van der Waals surface area (Å²) in [4.78, 5) is 31.9. The lowest BCUT2D eigenvalue weighted by molar-refractivity contribution is -0.269. The van der Waals surface area contributed by atoms with E-state index in [4.69, 9.17) is 9.29 Å². The first-order valence-electron chi connectivity index (χ1n) is 7.71. The molecule has 1 N–H and O–H groups in total. The van der Waals surface area contributed by atoms with E-state index in [9.17, 15) is 18.0 Å². The summed E-state index contributed by atoms with van der Waals surface area (Å²) in [5, 5.41) is -2.01. The minimum atomic E-state index is -4.79. The van der Waals surface area contributed by atoms with Gasteiger partial charge in [0.05, 0.1) is 19.6 Å². The van der Waals surface area contributed by atoms with Gasteiger partial charge in [0, 0.05) is 0 Å². The largest absolute Gasteiger partial charge is 0.464 e. The summed E-state index contributed by atoms with van der Waals surface area (Å²) in [7, 11) is -4.79. The summed E-state index contributed by atoms with van der Waals surface area (Å²) in [6.45, 7) is 5.65. The Bertz CT molecular complexity index is 459. The van der Waals surface area contributed by atoms with E-state index in [-0.39, 0.29) is 19.1 Å². The van der Waals surface area contributed by atoms with Gasteiger partial charge >= 0.3 is 11.9 Å². The van der Waals surface area contributed by atoms with Crippen LogP contribution >= 0.6 is 0 Å². The Morgan fingerprint density at radius 1 is 1.17 bits per heavy atom. The predicted molar refractivity (Wildman–Crippen MR) is 81.9 cm³/mol. The van der Waals surface area contributed by atoms with Gasteiger partial charge in [0.1, 0.15) is 0 Å². The van der Waals surface area contributed by atoms with Crippen LogP contribution in [0.5, 0.6) is 0 Å². The number of hydrogen-bond donors (Lipinski definition) is 1. The maximum atomic E-state index is 11.9. The molecule has 0 aliphatic rings.